The molecule has 3 heterocycles. The molecule has 5 N–H and O–H groups in total. The lowest BCUT2D eigenvalue weighted by atomic mass is 9.96. The van der Waals surface area contributed by atoms with Crippen LogP contribution in [0.5, 0.6) is 0 Å². The van der Waals surface area contributed by atoms with Crippen LogP contribution in [-0.2, 0) is 34.3 Å². The highest BCUT2D eigenvalue weighted by Crippen LogP contribution is 2.26. The van der Waals surface area contributed by atoms with Gasteiger partial charge in [-0.1, -0.05) is 5.16 Å². The molecule has 0 aromatic carbocycles. The SMILES string of the molecule is CC(C)(ON=C(C(=O)NC1C(=O)N(S(=O)(=O)O)C1CN1CCCCC1=O)c1csc(N)n1)C(=O)O. The first kappa shape index (κ1) is 26.3. The summed E-state index contributed by atoms with van der Waals surface area (Å²) in [6, 6.07) is -2.71. The topological polar surface area (TPSA) is 222 Å². The number of aromatic nitrogens is 1. The van der Waals surface area contributed by atoms with E-state index >= 15 is 0 Å². The number of aliphatic carboxylic acids is 1. The molecular formula is C18H24N6O9S2. The van der Waals surface area contributed by atoms with E-state index in [-0.39, 0.29) is 34.0 Å². The summed E-state index contributed by atoms with van der Waals surface area (Å²) in [4.78, 5) is 59.4. The Labute approximate surface area is 203 Å². The maximum Gasteiger partial charge on any atom is 0.362 e. The molecule has 2 atom stereocenters. The molecule has 2 aliphatic rings. The van der Waals surface area contributed by atoms with Gasteiger partial charge in [0.1, 0.15) is 11.7 Å². The Morgan fingerprint density at radius 3 is 2.60 bits per heavy atom. The number of carboxylic acid groups (broad SMARTS) is 1. The third-order valence-corrected chi connectivity index (χ3v) is 7.01. The number of piperidine rings is 1. The average molecular weight is 533 g/mol. The molecule has 0 aliphatic carbocycles. The number of hydrogen-bond donors (Lipinski definition) is 4. The summed E-state index contributed by atoms with van der Waals surface area (Å²) in [5.74, 6) is -3.79. The summed E-state index contributed by atoms with van der Waals surface area (Å²) in [5.41, 5.74) is 3.19. The molecule has 1 aromatic rings. The van der Waals surface area contributed by atoms with Crippen LogP contribution in [0.15, 0.2) is 10.5 Å². The number of β-lactam (4-membered cyclic amide) rings is 1. The van der Waals surface area contributed by atoms with Crippen molar-refractivity contribution in [2.24, 2.45) is 5.16 Å². The van der Waals surface area contributed by atoms with Crippen LogP contribution >= 0.6 is 11.3 Å². The Morgan fingerprint density at radius 1 is 1.37 bits per heavy atom. The first-order chi connectivity index (χ1) is 16.2. The Bertz CT molecular complexity index is 1180. The molecule has 3 rings (SSSR count). The predicted octanol–water partition coefficient (Wildman–Crippen LogP) is -1.18. The van der Waals surface area contributed by atoms with Crippen molar-refractivity contribution in [3.05, 3.63) is 11.1 Å². The number of nitrogens with one attached hydrogen (secondary N) is 1. The van der Waals surface area contributed by atoms with Gasteiger partial charge in [0, 0.05) is 24.9 Å². The lowest BCUT2D eigenvalue weighted by Crippen LogP contribution is -2.75. The fourth-order valence-electron chi connectivity index (χ4n) is 3.43. The van der Waals surface area contributed by atoms with E-state index in [0.717, 1.165) is 11.3 Å². The standard InChI is InChI=1S/C18H24N6O9S2/c1-18(2,16(28)29)33-22-12(9-8-34-17(19)20-9)14(26)21-13-10(24(15(13)27)35(30,31)32)7-23-6-4-3-5-11(23)25/h8,10,13H,3-7H2,1-2H3,(H2,19,20)(H,21,26)(H,28,29)(H,30,31,32). The lowest BCUT2D eigenvalue weighted by molar-refractivity contribution is -0.161. The smallest absolute Gasteiger partial charge is 0.362 e. The number of anilines is 1. The van der Waals surface area contributed by atoms with Crippen molar-refractivity contribution in [2.45, 2.75) is 50.8 Å². The van der Waals surface area contributed by atoms with Crippen molar-refractivity contribution < 1.29 is 42.1 Å². The minimum absolute atomic E-state index is 0.0664. The van der Waals surface area contributed by atoms with Gasteiger partial charge in [-0.2, -0.15) is 8.42 Å². The van der Waals surface area contributed by atoms with Crippen molar-refractivity contribution in [1.29, 1.82) is 0 Å². The third-order valence-electron chi connectivity index (χ3n) is 5.39. The molecule has 2 saturated heterocycles. The second-order valence-corrected chi connectivity index (χ2v) is 10.5. The van der Waals surface area contributed by atoms with Crippen LogP contribution in [0.4, 0.5) is 5.13 Å². The maximum atomic E-state index is 13.0. The van der Waals surface area contributed by atoms with E-state index < -0.39 is 51.5 Å². The first-order valence-electron chi connectivity index (χ1n) is 10.3. The number of oxime groups is 1. The number of nitrogens with zero attached hydrogens (tertiary/aromatic N) is 4. The number of hydrogen-bond acceptors (Lipinski definition) is 11. The molecule has 0 saturated carbocycles. The normalized spacial score (nSPS) is 21.5. The third kappa shape index (κ3) is 5.68. The average Bonchev–Trinajstić information content (AvgIpc) is 3.17. The Hall–Kier alpha value is -3.31. The van der Waals surface area contributed by atoms with Gasteiger partial charge in [0.2, 0.25) is 11.5 Å². The van der Waals surface area contributed by atoms with Gasteiger partial charge in [0.05, 0.1) is 6.04 Å². The molecule has 15 nitrogen and oxygen atoms in total. The van der Waals surface area contributed by atoms with Gasteiger partial charge in [-0.05, 0) is 26.7 Å². The van der Waals surface area contributed by atoms with Crippen molar-refractivity contribution in [1.82, 2.24) is 19.5 Å². The van der Waals surface area contributed by atoms with Crippen molar-refractivity contribution in [3.63, 3.8) is 0 Å². The monoisotopic (exact) mass is 532 g/mol. The van der Waals surface area contributed by atoms with Crippen LogP contribution in [0.3, 0.4) is 0 Å². The van der Waals surface area contributed by atoms with E-state index in [1.54, 1.807) is 0 Å². The number of rotatable bonds is 9. The van der Waals surface area contributed by atoms with Gasteiger partial charge in [-0.25, -0.2) is 14.1 Å². The second-order valence-electron chi connectivity index (χ2n) is 8.34. The highest BCUT2D eigenvalue weighted by atomic mass is 32.2. The maximum absolute atomic E-state index is 13.0. The number of nitrogen functional groups attached to an aromatic ring is 1. The fourth-order valence-corrected chi connectivity index (χ4v) is 4.85. The number of carboxylic acids is 1. The Kier molecular flexibility index (Phi) is 7.32. The highest BCUT2D eigenvalue weighted by molar-refractivity contribution is 7.84. The van der Waals surface area contributed by atoms with Crippen LogP contribution in [0, 0.1) is 0 Å². The summed E-state index contributed by atoms with van der Waals surface area (Å²) in [6.07, 6.45) is 1.60. The number of amides is 3. The zero-order chi connectivity index (χ0) is 26.1. The predicted molar refractivity (Wildman–Crippen MR) is 120 cm³/mol. The quantitative estimate of drug-likeness (QED) is 0.128. The van der Waals surface area contributed by atoms with E-state index in [2.05, 4.69) is 15.5 Å². The number of likely N-dealkylation sites (tertiary alicyclic amines) is 1. The number of nitrogens with two attached hydrogens (primary N) is 1. The lowest BCUT2D eigenvalue weighted by Gasteiger charge is -2.46. The summed E-state index contributed by atoms with van der Waals surface area (Å²) in [5, 5.41) is 16.6. The molecule has 3 amide bonds. The molecule has 192 valence electrons. The molecular weight excluding hydrogens is 508 g/mol. The van der Waals surface area contributed by atoms with Gasteiger partial charge in [0.25, 0.3) is 11.8 Å². The summed E-state index contributed by atoms with van der Waals surface area (Å²) >= 11 is 0.959. The van der Waals surface area contributed by atoms with Gasteiger partial charge >= 0.3 is 16.3 Å². The second kappa shape index (κ2) is 9.74. The largest absolute Gasteiger partial charge is 0.478 e. The van der Waals surface area contributed by atoms with Gasteiger partial charge < -0.3 is 25.9 Å². The summed E-state index contributed by atoms with van der Waals surface area (Å²) < 4.78 is 33.2. The molecule has 2 fully saturated rings. The van der Waals surface area contributed by atoms with E-state index in [9.17, 15) is 37.3 Å². The van der Waals surface area contributed by atoms with Crippen LogP contribution in [0.1, 0.15) is 38.8 Å². The molecule has 35 heavy (non-hydrogen) atoms. The Balaban J connectivity index is 1.87. The summed E-state index contributed by atoms with van der Waals surface area (Å²) in [6.45, 7) is 2.46. The van der Waals surface area contributed by atoms with E-state index in [0.29, 0.717) is 19.4 Å². The molecule has 17 heteroatoms. The zero-order valence-corrected chi connectivity index (χ0v) is 20.3. The fraction of sp³-hybridized carbons (Fsp3) is 0.556. The van der Waals surface area contributed by atoms with Crippen molar-refractivity contribution in [3.8, 4) is 0 Å². The van der Waals surface area contributed by atoms with Crippen molar-refractivity contribution in [2.75, 3.05) is 18.8 Å². The Morgan fingerprint density at radius 2 is 2.06 bits per heavy atom. The zero-order valence-electron chi connectivity index (χ0n) is 18.7. The van der Waals surface area contributed by atoms with Crippen LogP contribution in [0.2, 0.25) is 0 Å². The number of carbonyl (C=O) groups is 4. The highest BCUT2D eigenvalue weighted by Gasteiger charge is 2.55. The molecule has 0 radical (unpaired) electrons. The van der Waals surface area contributed by atoms with Gasteiger partial charge in [-0.3, -0.25) is 18.9 Å². The van der Waals surface area contributed by atoms with Crippen molar-refractivity contribution >= 4 is 56.2 Å². The van der Waals surface area contributed by atoms with Gasteiger partial charge in [0.15, 0.2) is 10.8 Å². The molecule has 2 unspecified atom stereocenters. The van der Waals surface area contributed by atoms with E-state index in [1.807, 2.05) is 0 Å². The molecule has 2 aliphatic heterocycles. The van der Waals surface area contributed by atoms with E-state index in [4.69, 9.17) is 10.6 Å². The number of thiazole rings is 1. The van der Waals surface area contributed by atoms with Crippen LogP contribution in [-0.4, -0.2) is 92.4 Å². The number of carbonyl (C=O) groups excluding carboxylic acids is 3. The minimum atomic E-state index is -4.96. The summed E-state index contributed by atoms with van der Waals surface area (Å²) in [7, 11) is -4.96. The van der Waals surface area contributed by atoms with E-state index in [1.165, 1.54) is 24.1 Å². The van der Waals surface area contributed by atoms with Gasteiger partial charge in [-0.15, -0.1) is 11.3 Å². The molecule has 1 aromatic heterocycles. The minimum Gasteiger partial charge on any atom is -0.478 e. The van der Waals surface area contributed by atoms with Crippen LogP contribution in [0.25, 0.3) is 0 Å². The first-order valence-corrected chi connectivity index (χ1v) is 12.6. The molecule has 0 bridgehead atoms. The van der Waals surface area contributed by atoms with Crippen LogP contribution < -0.4 is 11.1 Å². The molecule has 0 spiro atoms.